The molecule has 0 aliphatic carbocycles. The lowest BCUT2D eigenvalue weighted by Gasteiger charge is -2.25. The van der Waals surface area contributed by atoms with Crippen molar-refractivity contribution in [3.8, 4) is 5.75 Å². The maximum Gasteiger partial charge on any atom is 0.272 e. The molecule has 152 valence electrons. The zero-order valence-corrected chi connectivity index (χ0v) is 16.2. The first-order valence-corrected chi connectivity index (χ1v) is 9.20. The zero-order chi connectivity index (χ0) is 20.4. The molecule has 1 atom stereocenters. The minimum Gasteiger partial charge on any atom is -0.488 e. The molecule has 0 amide bonds. The van der Waals surface area contributed by atoms with Crippen molar-refractivity contribution in [2.24, 2.45) is 4.99 Å². The second kappa shape index (κ2) is 10.6. The van der Waals surface area contributed by atoms with Crippen molar-refractivity contribution in [2.75, 3.05) is 19.7 Å². The molecule has 0 aliphatic rings. The van der Waals surface area contributed by atoms with E-state index in [0.717, 1.165) is 11.1 Å². The number of aliphatic imine (C=N–C) groups is 1. The van der Waals surface area contributed by atoms with Crippen molar-refractivity contribution in [2.45, 2.75) is 32.4 Å². The smallest absolute Gasteiger partial charge is 0.272 e. The minimum absolute atomic E-state index is 0.278. The third-order valence-electron chi connectivity index (χ3n) is 4.03. The van der Waals surface area contributed by atoms with Gasteiger partial charge in [-0.15, -0.1) is 0 Å². The Morgan fingerprint density at radius 2 is 1.89 bits per heavy atom. The molecule has 7 heteroatoms. The summed E-state index contributed by atoms with van der Waals surface area (Å²) >= 11 is 0. The molecular weight excluding hydrogens is 364 g/mol. The number of hydrogen-bond donors (Lipinski definition) is 3. The van der Waals surface area contributed by atoms with E-state index in [4.69, 9.17) is 4.74 Å². The molecule has 0 fully saturated rings. The first kappa shape index (κ1) is 21.6. The Kier molecular flexibility index (Phi) is 8.19. The van der Waals surface area contributed by atoms with E-state index in [9.17, 15) is 13.9 Å². The Balaban J connectivity index is 1.99. The maximum atomic E-state index is 12.3. The normalized spacial score (nSPS) is 13.9. The van der Waals surface area contributed by atoms with E-state index in [2.05, 4.69) is 15.6 Å². The minimum atomic E-state index is -2.51. The number of halogens is 2. The van der Waals surface area contributed by atoms with Crippen LogP contribution < -0.4 is 15.4 Å². The second-order valence-electron chi connectivity index (χ2n) is 6.54. The topological polar surface area (TPSA) is 65.9 Å². The van der Waals surface area contributed by atoms with Gasteiger partial charge in [0.2, 0.25) is 0 Å². The number of ether oxygens (including phenoxy) is 1. The number of aliphatic hydroxyl groups is 1. The molecule has 28 heavy (non-hydrogen) atoms. The molecule has 5 nitrogen and oxygen atoms in total. The number of alkyl halides is 2. The highest BCUT2D eigenvalue weighted by atomic mass is 19.3. The first-order chi connectivity index (χ1) is 13.4. The number of hydrogen-bond acceptors (Lipinski definition) is 3. The number of rotatable bonds is 9. The van der Waals surface area contributed by atoms with Gasteiger partial charge < -0.3 is 20.5 Å². The largest absolute Gasteiger partial charge is 0.488 e. The van der Waals surface area contributed by atoms with E-state index < -0.39 is 18.6 Å². The summed E-state index contributed by atoms with van der Waals surface area (Å²) in [6.07, 6.45) is -2.51. The van der Waals surface area contributed by atoms with Crippen LogP contribution in [0.1, 0.15) is 25.0 Å². The molecule has 0 radical (unpaired) electrons. The molecule has 0 aromatic heterocycles. The van der Waals surface area contributed by atoms with Gasteiger partial charge >= 0.3 is 0 Å². The van der Waals surface area contributed by atoms with Gasteiger partial charge in [0.1, 0.15) is 18.0 Å². The van der Waals surface area contributed by atoms with Crippen LogP contribution in [0.5, 0.6) is 5.75 Å². The van der Waals surface area contributed by atoms with Crippen molar-refractivity contribution in [1.29, 1.82) is 0 Å². The van der Waals surface area contributed by atoms with E-state index in [1.54, 1.807) is 25.1 Å². The molecule has 2 aromatic rings. The molecule has 2 rings (SSSR count). The molecule has 0 bridgehead atoms. The van der Waals surface area contributed by atoms with Crippen molar-refractivity contribution in [3.63, 3.8) is 0 Å². The van der Waals surface area contributed by atoms with Crippen LogP contribution in [-0.2, 0) is 12.1 Å². The van der Waals surface area contributed by atoms with Crippen LogP contribution in [0, 0.1) is 0 Å². The van der Waals surface area contributed by atoms with Crippen LogP contribution in [0.4, 0.5) is 8.78 Å². The number of guanidine groups is 1. The van der Waals surface area contributed by atoms with Crippen LogP contribution >= 0.6 is 0 Å². The first-order valence-electron chi connectivity index (χ1n) is 9.20. The van der Waals surface area contributed by atoms with E-state index >= 15 is 0 Å². The lowest BCUT2D eigenvalue weighted by Crippen LogP contribution is -2.44. The average Bonchev–Trinajstić information content (AvgIpc) is 2.69. The fourth-order valence-corrected chi connectivity index (χ4v) is 2.56. The van der Waals surface area contributed by atoms with Crippen molar-refractivity contribution >= 4 is 5.96 Å². The fraction of sp³-hybridized carbons (Fsp3) is 0.381. The van der Waals surface area contributed by atoms with Crippen LogP contribution in [0.2, 0.25) is 0 Å². The van der Waals surface area contributed by atoms with Crippen molar-refractivity contribution in [3.05, 3.63) is 65.7 Å². The highest BCUT2D eigenvalue weighted by molar-refractivity contribution is 5.79. The van der Waals surface area contributed by atoms with Gasteiger partial charge in [-0.05, 0) is 37.1 Å². The molecule has 2 aromatic carbocycles. The molecule has 0 heterocycles. The lowest BCUT2D eigenvalue weighted by atomic mass is 9.96. The molecule has 1 unspecified atom stereocenters. The summed E-state index contributed by atoms with van der Waals surface area (Å²) < 4.78 is 29.6. The van der Waals surface area contributed by atoms with Gasteiger partial charge in [0.15, 0.2) is 5.96 Å². The Morgan fingerprint density at radius 3 is 2.57 bits per heavy atom. The van der Waals surface area contributed by atoms with Crippen LogP contribution in [0.15, 0.2) is 59.6 Å². The maximum absolute atomic E-state index is 12.3. The van der Waals surface area contributed by atoms with Gasteiger partial charge in [-0.1, -0.05) is 42.5 Å². The van der Waals surface area contributed by atoms with Gasteiger partial charge in [0.25, 0.3) is 6.43 Å². The SMILES string of the molecule is CCNC(=NCc1cccc(OCC(F)F)c1)NCC(C)(O)c1ccccc1. The quantitative estimate of drug-likeness (QED) is 0.453. The predicted octanol–water partition coefficient (Wildman–Crippen LogP) is 3.29. The van der Waals surface area contributed by atoms with Gasteiger partial charge in [-0.2, -0.15) is 0 Å². The van der Waals surface area contributed by atoms with Gasteiger partial charge in [-0.3, -0.25) is 0 Å². The molecule has 0 saturated carbocycles. The number of benzene rings is 2. The summed E-state index contributed by atoms with van der Waals surface area (Å²) in [6.45, 7) is 4.34. The Labute approximate surface area is 164 Å². The molecule has 0 spiro atoms. The lowest BCUT2D eigenvalue weighted by molar-refractivity contribution is 0.0617. The van der Waals surface area contributed by atoms with Crippen LogP contribution in [0.25, 0.3) is 0 Å². The summed E-state index contributed by atoms with van der Waals surface area (Å²) in [5, 5.41) is 17.0. The fourth-order valence-electron chi connectivity index (χ4n) is 2.56. The predicted molar refractivity (Wildman–Crippen MR) is 107 cm³/mol. The van der Waals surface area contributed by atoms with E-state index in [0.29, 0.717) is 24.8 Å². The van der Waals surface area contributed by atoms with Gasteiger partial charge in [-0.25, -0.2) is 13.8 Å². The second-order valence-corrected chi connectivity index (χ2v) is 6.54. The molecular formula is C21H27F2N3O2. The van der Waals surface area contributed by atoms with E-state index in [1.807, 2.05) is 43.3 Å². The zero-order valence-electron chi connectivity index (χ0n) is 16.2. The Bertz CT molecular complexity index is 752. The Hall–Kier alpha value is -2.67. The molecule has 0 aliphatic heterocycles. The third kappa shape index (κ3) is 7.15. The highest BCUT2D eigenvalue weighted by Crippen LogP contribution is 2.19. The molecule has 3 N–H and O–H groups in total. The Morgan fingerprint density at radius 1 is 1.14 bits per heavy atom. The monoisotopic (exact) mass is 391 g/mol. The number of nitrogens with zero attached hydrogens (tertiary/aromatic N) is 1. The third-order valence-corrected chi connectivity index (χ3v) is 4.03. The van der Waals surface area contributed by atoms with Crippen molar-refractivity contribution < 1.29 is 18.6 Å². The van der Waals surface area contributed by atoms with Crippen LogP contribution in [0.3, 0.4) is 0 Å². The van der Waals surface area contributed by atoms with Gasteiger partial charge in [0.05, 0.1) is 13.1 Å². The summed E-state index contributed by atoms with van der Waals surface area (Å²) in [6, 6.07) is 16.3. The summed E-state index contributed by atoms with van der Waals surface area (Å²) in [5.74, 6) is 0.940. The summed E-state index contributed by atoms with van der Waals surface area (Å²) in [5.41, 5.74) is 0.585. The summed E-state index contributed by atoms with van der Waals surface area (Å²) in [4.78, 5) is 4.50. The average molecular weight is 391 g/mol. The molecule has 0 saturated heterocycles. The van der Waals surface area contributed by atoms with Crippen LogP contribution in [-0.4, -0.2) is 37.2 Å². The van der Waals surface area contributed by atoms with E-state index in [1.165, 1.54) is 0 Å². The van der Waals surface area contributed by atoms with Crippen molar-refractivity contribution in [1.82, 2.24) is 10.6 Å². The standard InChI is InChI=1S/C21H27F2N3O2/c1-3-24-20(26-15-21(2,27)17-9-5-4-6-10-17)25-13-16-8-7-11-18(12-16)28-14-19(22)23/h4-12,19,27H,3,13-15H2,1-2H3,(H2,24,25,26). The summed E-state index contributed by atoms with van der Waals surface area (Å²) in [7, 11) is 0. The number of nitrogens with one attached hydrogen (secondary N) is 2. The van der Waals surface area contributed by atoms with Gasteiger partial charge in [0, 0.05) is 6.54 Å². The highest BCUT2D eigenvalue weighted by Gasteiger charge is 2.22. The van der Waals surface area contributed by atoms with E-state index in [-0.39, 0.29) is 6.54 Å².